The van der Waals surface area contributed by atoms with E-state index >= 15 is 0 Å². The van der Waals surface area contributed by atoms with Crippen LogP contribution < -0.4 is 9.61 Å². The Balaban J connectivity index is 1.68. The van der Waals surface area contributed by atoms with Crippen molar-refractivity contribution in [2.45, 2.75) is 38.8 Å². The number of hydrogen-bond acceptors (Lipinski definition) is 4. The molecule has 1 aromatic carbocycles. The number of thiazole rings is 1. The molecule has 1 atom stereocenters. The van der Waals surface area contributed by atoms with Crippen molar-refractivity contribution in [3.63, 3.8) is 0 Å². The number of ether oxygens (including phenoxy) is 1. The molecule has 1 aromatic heterocycles. The molecule has 0 unspecified atom stereocenters. The van der Waals surface area contributed by atoms with Crippen LogP contribution in [0.4, 0.5) is 0 Å². The Labute approximate surface area is 145 Å². The number of aryl methyl sites for hydroxylation is 1. The predicted molar refractivity (Wildman–Crippen MR) is 94.6 cm³/mol. The van der Waals surface area contributed by atoms with Gasteiger partial charge in [0.2, 0.25) is 5.91 Å². The summed E-state index contributed by atoms with van der Waals surface area (Å²) in [7, 11) is 1.65. The summed E-state index contributed by atoms with van der Waals surface area (Å²) in [5, 5.41) is 1.84. The molecule has 1 amide bonds. The van der Waals surface area contributed by atoms with E-state index in [9.17, 15) is 9.59 Å². The normalized spacial score (nSPS) is 17.2. The van der Waals surface area contributed by atoms with Gasteiger partial charge in [0, 0.05) is 30.6 Å². The maximum absolute atomic E-state index is 12.7. The minimum Gasteiger partial charge on any atom is -0.497 e. The van der Waals surface area contributed by atoms with Gasteiger partial charge in [-0.05, 0) is 37.5 Å². The molecule has 128 valence electrons. The molecule has 6 heteroatoms. The molecule has 0 spiro atoms. The summed E-state index contributed by atoms with van der Waals surface area (Å²) < 4.78 is 6.88. The lowest BCUT2D eigenvalue weighted by Crippen LogP contribution is -2.32. The quantitative estimate of drug-likeness (QED) is 0.836. The Hall–Kier alpha value is -2.08. The first kappa shape index (κ1) is 16.8. The smallest absolute Gasteiger partial charge is 0.307 e. The van der Waals surface area contributed by atoms with Crippen molar-refractivity contribution in [3.05, 3.63) is 50.6 Å². The number of aromatic nitrogens is 1. The minimum absolute atomic E-state index is 0.00780. The van der Waals surface area contributed by atoms with E-state index in [1.54, 1.807) is 11.7 Å². The summed E-state index contributed by atoms with van der Waals surface area (Å²) in [4.78, 5) is 26.4. The lowest BCUT2D eigenvalue weighted by atomic mass is 10.0. The Morgan fingerprint density at radius 2 is 2.08 bits per heavy atom. The topological polar surface area (TPSA) is 51.5 Å². The van der Waals surface area contributed by atoms with E-state index in [1.807, 2.05) is 41.5 Å². The highest BCUT2D eigenvalue weighted by atomic mass is 32.1. The van der Waals surface area contributed by atoms with E-state index in [0.29, 0.717) is 13.0 Å². The van der Waals surface area contributed by atoms with Gasteiger partial charge in [0.15, 0.2) is 0 Å². The van der Waals surface area contributed by atoms with Gasteiger partial charge in [-0.2, -0.15) is 0 Å². The van der Waals surface area contributed by atoms with Gasteiger partial charge >= 0.3 is 4.87 Å². The first-order valence-corrected chi connectivity index (χ1v) is 9.06. The number of nitrogens with zero attached hydrogens (tertiary/aromatic N) is 2. The summed E-state index contributed by atoms with van der Waals surface area (Å²) >= 11 is 1.19. The summed E-state index contributed by atoms with van der Waals surface area (Å²) in [6, 6.07) is 8.06. The summed E-state index contributed by atoms with van der Waals surface area (Å²) in [5.41, 5.74) is 2.07. The average molecular weight is 346 g/mol. The number of carbonyl (C=O) groups is 1. The van der Waals surface area contributed by atoms with Crippen LogP contribution in [0.2, 0.25) is 0 Å². The molecule has 2 heterocycles. The van der Waals surface area contributed by atoms with Gasteiger partial charge in [-0.1, -0.05) is 23.5 Å². The Bertz CT molecular complexity index is 763. The van der Waals surface area contributed by atoms with Gasteiger partial charge in [0.25, 0.3) is 0 Å². The van der Waals surface area contributed by atoms with Gasteiger partial charge in [0.05, 0.1) is 13.2 Å². The van der Waals surface area contributed by atoms with Crippen LogP contribution in [0.3, 0.4) is 0 Å². The first-order valence-electron chi connectivity index (χ1n) is 8.18. The molecule has 0 bridgehead atoms. The number of amides is 1. The number of carbonyl (C=O) groups excluding carboxylic acids is 1. The second kappa shape index (κ2) is 7.21. The third-order valence-electron chi connectivity index (χ3n) is 4.60. The van der Waals surface area contributed by atoms with Crippen molar-refractivity contribution in [2.75, 3.05) is 13.7 Å². The molecule has 1 aliphatic rings. The Kier molecular flexibility index (Phi) is 5.04. The molecule has 0 saturated carbocycles. The van der Waals surface area contributed by atoms with Gasteiger partial charge in [-0.15, -0.1) is 0 Å². The molecule has 24 heavy (non-hydrogen) atoms. The van der Waals surface area contributed by atoms with E-state index in [2.05, 4.69) is 0 Å². The molecule has 0 radical (unpaired) electrons. The van der Waals surface area contributed by atoms with Crippen LogP contribution in [-0.2, 0) is 11.3 Å². The second-order valence-electron chi connectivity index (χ2n) is 6.06. The van der Waals surface area contributed by atoms with Crippen LogP contribution in [0.1, 0.15) is 36.6 Å². The molecule has 0 N–H and O–H groups in total. The number of likely N-dealkylation sites (tertiary alicyclic amines) is 1. The fourth-order valence-electron chi connectivity index (χ4n) is 3.26. The number of methoxy groups -OCH3 is 1. The van der Waals surface area contributed by atoms with Crippen LogP contribution in [0.5, 0.6) is 5.75 Å². The minimum atomic E-state index is 0.00780. The van der Waals surface area contributed by atoms with Gasteiger partial charge in [-0.25, -0.2) is 0 Å². The molecule has 0 aliphatic carbocycles. The van der Waals surface area contributed by atoms with Crippen molar-refractivity contribution in [1.29, 1.82) is 0 Å². The molecule has 1 aliphatic heterocycles. The van der Waals surface area contributed by atoms with Crippen LogP contribution >= 0.6 is 11.3 Å². The lowest BCUT2D eigenvalue weighted by Gasteiger charge is -2.25. The monoisotopic (exact) mass is 346 g/mol. The molecule has 1 saturated heterocycles. The number of hydrogen-bond donors (Lipinski definition) is 0. The Morgan fingerprint density at radius 1 is 1.33 bits per heavy atom. The highest BCUT2D eigenvalue weighted by Crippen LogP contribution is 2.33. The van der Waals surface area contributed by atoms with E-state index in [4.69, 9.17) is 4.74 Å². The standard InChI is InChI=1S/C18H22N2O3S/c1-13-12-24-18(22)19(13)11-9-17(21)20-10-3-4-16(20)14-5-7-15(23-2)8-6-14/h5-8,12,16H,3-4,9-11H2,1-2H3/t16-/m1/s1. The maximum Gasteiger partial charge on any atom is 0.307 e. The van der Waals surface area contributed by atoms with E-state index in [-0.39, 0.29) is 16.8 Å². The zero-order chi connectivity index (χ0) is 17.1. The predicted octanol–water partition coefficient (Wildman–Crippen LogP) is 2.98. The van der Waals surface area contributed by atoms with Crippen molar-refractivity contribution < 1.29 is 9.53 Å². The molecule has 2 aromatic rings. The van der Waals surface area contributed by atoms with Crippen LogP contribution in [-0.4, -0.2) is 29.0 Å². The van der Waals surface area contributed by atoms with Gasteiger partial charge < -0.3 is 14.2 Å². The lowest BCUT2D eigenvalue weighted by molar-refractivity contribution is -0.132. The third-order valence-corrected chi connectivity index (χ3v) is 5.48. The fraction of sp³-hybridized carbons (Fsp3) is 0.444. The van der Waals surface area contributed by atoms with Gasteiger partial charge in [0.1, 0.15) is 5.75 Å². The Morgan fingerprint density at radius 3 is 2.71 bits per heavy atom. The van der Waals surface area contributed by atoms with E-state index in [1.165, 1.54) is 11.3 Å². The van der Waals surface area contributed by atoms with Crippen molar-refractivity contribution in [1.82, 2.24) is 9.47 Å². The summed E-state index contributed by atoms with van der Waals surface area (Å²) in [5.74, 6) is 0.938. The summed E-state index contributed by atoms with van der Waals surface area (Å²) in [6.45, 7) is 3.14. The largest absolute Gasteiger partial charge is 0.497 e. The first-order chi connectivity index (χ1) is 11.6. The second-order valence-corrected chi connectivity index (χ2v) is 6.88. The molecular formula is C18H22N2O3S. The zero-order valence-electron chi connectivity index (χ0n) is 14.0. The molecular weight excluding hydrogens is 324 g/mol. The van der Waals surface area contributed by atoms with E-state index in [0.717, 1.165) is 36.4 Å². The highest BCUT2D eigenvalue weighted by Gasteiger charge is 2.29. The SMILES string of the molecule is COc1ccc([C@H]2CCCN2C(=O)CCn2c(C)csc2=O)cc1. The van der Waals surface area contributed by atoms with E-state index < -0.39 is 0 Å². The van der Waals surface area contributed by atoms with Crippen molar-refractivity contribution in [2.24, 2.45) is 0 Å². The number of rotatable bonds is 5. The average Bonchev–Trinajstić information content (AvgIpc) is 3.20. The maximum atomic E-state index is 12.7. The molecule has 5 nitrogen and oxygen atoms in total. The highest BCUT2D eigenvalue weighted by molar-refractivity contribution is 7.07. The zero-order valence-corrected chi connectivity index (χ0v) is 14.8. The molecule has 3 rings (SSSR count). The van der Waals surface area contributed by atoms with Crippen molar-refractivity contribution in [3.8, 4) is 5.75 Å². The summed E-state index contributed by atoms with van der Waals surface area (Å²) in [6.07, 6.45) is 2.36. The van der Waals surface area contributed by atoms with Crippen LogP contribution in [0.25, 0.3) is 0 Å². The van der Waals surface area contributed by atoms with Crippen LogP contribution in [0.15, 0.2) is 34.4 Å². The number of benzene rings is 1. The fourth-order valence-corrected chi connectivity index (χ4v) is 4.02. The van der Waals surface area contributed by atoms with Crippen LogP contribution in [0, 0.1) is 6.92 Å². The van der Waals surface area contributed by atoms with Crippen molar-refractivity contribution >= 4 is 17.2 Å². The molecule has 1 fully saturated rings. The van der Waals surface area contributed by atoms with Gasteiger partial charge in [-0.3, -0.25) is 9.59 Å². The third kappa shape index (κ3) is 3.38.